The van der Waals surface area contributed by atoms with Gasteiger partial charge in [-0.1, -0.05) is 6.58 Å². The van der Waals surface area contributed by atoms with Gasteiger partial charge in [-0.2, -0.15) is 0 Å². The van der Waals surface area contributed by atoms with Crippen molar-refractivity contribution in [2.45, 2.75) is 0 Å². The minimum Gasteiger partial charge on any atom is -1.00 e. The summed E-state index contributed by atoms with van der Waals surface area (Å²) in [5, 5.41) is 0. The normalized spacial score (nSPS) is 9.73. The topological polar surface area (TPSA) is 35.5 Å². The van der Waals surface area contributed by atoms with Crippen LogP contribution in [0.15, 0.2) is 12.7 Å². The summed E-state index contributed by atoms with van der Waals surface area (Å²) in [6.45, 7) is 3.20. The fraction of sp³-hybridized carbons (Fsp3) is 0.500. The molecule has 0 bridgehead atoms. The molecule has 0 aliphatic rings. The molecule has 5 heteroatoms. The Labute approximate surface area is 72.3 Å². The molecule has 4 nitrogen and oxygen atoms in total. The Balaban J connectivity index is 0. The summed E-state index contributed by atoms with van der Waals surface area (Å²) in [7, 11) is 5.16. The molecule has 0 atom stereocenters. The Hall–Kier alpha value is -0.580. The third kappa shape index (κ3) is 9.42. The minimum atomic E-state index is -0.590. The maximum Gasteiger partial charge on any atom is 0.371 e. The number of hydrogen-bond acceptors (Lipinski definition) is 3. The molecule has 0 saturated carbocycles. The molecule has 0 fully saturated rings. The van der Waals surface area contributed by atoms with Gasteiger partial charge in [-0.15, -0.1) is 4.65 Å². The largest absolute Gasteiger partial charge is 1.00 e. The molecule has 0 rings (SSSR count). The van der Waals surface area contributed by atoms with Crippen LogP contribution in [0.2, 0.25) is 0 Å². The van der Waals surface area contributed by atoms with Crippen molar-refractivity contribution < 1.29 is 31.7 Å². The fourth-order valence-electron chi connectivity index (χ4n) is 0.183. The van der Waals surface area contributed by atoms with Gasteiger partial charge in [0.15, 0.2) is 0 Å². The lowest BCUT2D eigenvalue weighted by molar-refractivity contribution is -1.11. The molecular weight excluding hydrogens is 170 g/mol. The van der Waals surface area contributed by atoms with Gasteiger partial charge in [0.2, 0.25) is 0 Å². The second-order valence-corrected chi connectivity index (χ2v) is 2.57. The first-order valence-corrected chi connectivity index (χ1v) is 2.80. The lowest BCUT2D eigenvalue weighted by Crippen LogP contribution is -3.00. The third-order valence-corrected chi connectivity index (χ3v) is 0.510. The van der Waals surface area contributed by atoms with E-state index < -0.39 is 5.97 Å². The Morgan fingerprint density at radius 1 is 1.45 bits per heavy atom. The highest BCUT2D eigenvalue weighted by molar-refractivity contribution is 5.80. The monoisotopic (exact) mass is 181 g/mol. The van der Waals surface area contributed by atoms with Crippen LogP contribution in [0.25, 0.3) is 0 Å². The van der Waals surface area contributed by atoms with E-state index in [9.17, 15) is 4.79 Å². The fourth-order valence-corrected chi connectivity index (χ4v) is 0.183. The minimum absolute atomic E-state index is 0. The molecule has 0 spiro atoms. The molecule has 0 radical (unpaired) electrons. The molecular formula is C6H12ClNO3. The van der Waals surface area contributed by atoms with E-state index in [0.717, 1.165) is 6.08 Å². The zero-order valence-electron chi connectivity index (χ0n) is 6.83. The number of quaternary nitrogens is 1. The number of halogens is 1. The van der Waals surface area contributed by atoms with E-state index in [2.05, 4.69) is 16.5 Å². The molecule has 0 amide bonds. The van der Waals surface area contributed by atoms with Crippen molar-refractivity contribution in [2.24, 2.45) is 0 Å². The lowest BCUT2D eigenvalue weighted by Gasteiger charge is -2.16. The number of carbonyl (C=O) groups is 1. The number of rotatable bonds is 3. The number of hydrogen-bond donors (Lipinski definition) is 0. The van der Waals surface area contributed by atoms with E-state index in [1.165, 1.54) is 0 Å². The average Bonchev–Trinajstić information content (AvgIpc) is 1.81. The van der Waals surface area contributed by atoms with Gasteiger partial charge in [-0.25, -0.2) is 9.68 Å². The Morgan fingerprint density at radius 2 is 1.91 bits per heavy atom. The van der Waals surface area contributed by atoms with E-state index in [1.807, 2.05) is 0 Å². The van der Waals surface area contributed by atoms with Gasteiger partial charge in [0.05, 0.1) is 0 Å². The third-order valence-electron chi connectivity index (χ3n) is 0.510. The maximum atomic E-state index is 10.4. The Morgan fingerprint density at radius 3 is 2.18 bits per heavy atom. The quantitative estimate of drug-likeness (QED) is 0.205. The highest BCUT2D eigenvalue weighted by Gasteiger charge is 2.11. The zero-order valence-corrected chi connectivity index (χ0v) is 7.59. The first kappa shape index (κ1) is 13.0. The van der Waals surface area contributed by atoms with Crippen molar-refractivity contribution in [3.8, 4) is 0 Å². The van der Waals surface area contributed by atoms with Crippen LogP contribution in [-0.2, 0) is 14.7 Å². The van der Waals surface area contributed by atoms with Crippen LogP contribution in [0.1, 0.15) is 0 Å². The number of nitrogens with zero attached hydrogens (tertiary/aromatic N) is 1. The molecule has 0 unspecified atom stereocenters. The smallest absolute Gasteiger partial charge is 0.371 e. The van der Waals surface area contributed by atoms with Gasteiger partial charge >= 0.3 is 5.97 Å². The van der Waals surface area contributed by atoms with Gasteiger partial charge in [0, 0.05) is 11.1 Å². The predicted molar refractivity (Wildman–Crippen MR) is 35.4 cm³/mol. The van der Waals surface area contributed by atoms with Gasteiger partial charge in [-0.3, -0.25) is 0 Å². The van der Waals surface area contributed by atoms with E-state index in [1.54, 1.807) is 21.1 Å². The first-order valence-electron chi connectivity index (χ1n) is 2.80. The number of hydroxylamine groups is 3. The second-order valence-electron chi connectivity index (χ2n) is 2.57. The van der Waals surface area contributed by atoms with Crippen molar-refractivity contribution in [2.75, 3.05) is 21.1 Å². The van der Waals surface area contributed by atoms with Crippen LogP contribution in [0.5, 0.6) is 0 Å². The molecule has 0 N–H and O–H groups in total. The van der Waals surface area contributed by atoms with Gasteiger partial charge in [0.1, 0.15) is 21.1 Å². The maximum absolute atomic E-state index is 10.4. The van der Waals surface area contributed by atoms with Gasteiger partial charge < -0.3 is 12.4 Å². The molecule has 0 aromatic carbocycles. The van der Waals surface area contributed by atoms with Crippen molar-refractivity contribution in [3.63, 3.8) is 0 Å². The molecule has 0 aromatic rings. The zero-order chi connectivity index (χ0) is 8.20. The molecule has 0 saturated heterocycles. The van der Waals surface area contributed by atoms with Gasteiger partial charge in [0.25, 0.3) is 0 Å². The standard InChI is InChI=1S/C6H12NO3.ClH/c1-5-6(8)9-10-7(2,3)4;/h5H,1H2,2-4H3;1H/q+1;/p-1. The van der Waals surface area contributed by atoms with Crippen LogP contribution >= 0.6 is 0 Å². The van der Waals surface area contributed by atoms with E-state index in [-0.39, 0.29) is 17.1 Å². The van der Waals surface area contributed by atoms with E-state index in [4.69, 9.17) is 0 Å². The average molecular weight is 182 g/mol. The van der Waals surface area contributed by atoms with Gasteiger partial charge in [-0.05, 0) is 0 Å². The summed E-state index contributed by atoms with van der Waals surface area (Å²) in [6, 6.07) is 0. The molecule has 0 heterocycles. The highest BCUT2D eigenvalue weighted by Crippen LogP contribution is 1.93. The summed E-state index contributed by atoms with van der Waals surface area (Å²) in [5.74, 6) is -0.590. The second kappa shape index (κ2) is 5.12. The van der Waals surface area contributed by atoms with E-state index in [0.29, 0.717) is 0 Å². The highest BCUT2D eigenvalue weighted by atomic mass is 35.5. The van der Waals surface area contributed by atoms with Crippen molar-refractivity contribution in [1.82, 2.24) is 0 Å². The van der Waals surface area contributed by atoms with Crippen LogP contribution in [0.4, 0.5) is 0 Å². The summed E-state index contributed by atoms with van der Waals surface area (Å²) in [4.78, 5) is 19.3. The van der Waals surface area contributed by atoms with E-state index >= 15 is 0 Å². The Kier molecular flexibility index (Phi) is 6.07. The lowest BCUT2D eigenvalue weighted by atomic mass is 10.7. The first-order chi connectivity index (χ1) is 4.45. The molecule has 0 aliphatic heterocycles. The summed E-state index contributed by atoms with van der Waals surface area (Å²) in [5.41, 5.74) is 0. The summed E-state index contributed by atoms with van der Waals surface area (Å²) in [6.07, 6.45) is 1.04. The molecule has 11 heavy (non-hydrogen) atoms. The van der Waals surface area contributed by atoms with Crippen molar-refractivity contribution in [1.29, 1.82) is 0 Å². The van der Waals surface area contributed by atoms with Crippen LogP contribution in [0.3, 0.4) is 0 Å². The molecule has 0 aromatic heterocycles. The van der Waals surface area contributed by atoms with Crippen LogP contribution in [-0.4, -0.2) is 31.8 Å². The molecule has 0 aliphatic carbocycles. The predicted octanol–water partition coefficient (Wildman–Crippen LogP) is -2.73. The molecule has 66 valence electrons. The van der Waals surface area contributed by atoms with Crippen molar-refractivity contribution >= 4 is 5.97 Å². The Bertz CT molecular complexity index is 141. The summed E-state index contributed by atoms with van der Waals surface area (Å²) >= 11 is 0. The number of carbonyl (C=O) groups excluding carboxylic acids is 1. The van der Waals surface area contributed by atoms with Crippen molar-refractivity contribution in [3.05, 3.63) is 12.7 Å². The summed E-state index contributed by atoms with van der Waals surface area (Å²) < 4.78 is 0.111. The van der Waals surface area contributed by atoms with Crippen LogP contribution in [0, 0.1) is 0 Å². The SMILES string of the molecule is C=CC(=O)OO[N+](C)(C)C.[Cl-]. The van der Waals surface area contributed by atoms with Crippen LogP contribution < -0.4 is 12.4 Å².